The van der Waals surface area contributed by atoms with Crippen LogP contribution in [0, 0.1) is 5.92 Å². The van der Waals surface area contributed by atoms with Gasteiger partial charge in [-0.15, -0.1) is 0 Å². The Labute approximate surface area is 195 Å². The predicted molar refractivity (Wildman–Crippen MR) is 126 cm³/mol. The maximum absolute atomic E-state index is 13.2. The number of hydrogen-bond acceptors (Lipinski definition) is 5. The van der Waals surface area contributed by atoms with Gasteiger partial charge in [0, 0.05) is 63.1 Å². The van der Waals surface area contributed by atoms with E-state index >= 15 is 0 Å². The first-order valence-corrected chi connectivity index (χ1v) is 12.5. The lowest BCUT2D eigenvalue weighted by molar-refractivity contribution is -0.131. The van der Waals surface area contributed by atoms with E-state index in [0.717, 1.165) is 94.9 Å². The summed E-state index contributed by atoms with van der Waals surface area (Å²) in [5, 5.41) is 7.47. The number of aromatic amines is 1. The molecule has 0 spiro atoms. The number of fused-ring (bicyclic) bond motifs is 1. The monoisotopic (exact) mass is 450 g/mol. The maximum atomic E-state index is 13.2. The van der Waals surface area contributed by atoms with Crippen LogP contribution in [0.5, 0.6) is 0 Å². The Balaban J connectivity index is 1.10. The second kappa shape index (κ2) is 9.93. The number of aromatic nitrogens is 3. The Morgan fingerprint density at radius 3 is 2.67 bits per heavy atom. The summed E-state index contributed by atoms with van der Waals surface area (Å²) in [6.07, 6.45) is 9.56. The number of anilines is 1. The van der Waals surface area contributed by atoms with Crippen molar-refractivity contribution in [3.63, 3.8) is 0 Å². The van der Waals surface area contributed by atoms with Crippen LogP contribution >= 0.6 is 0 Å². The molecule has 3 aliphatic rings. The van der Waals surface area contributed by atoms with E-state index in [9.17, 15) is 9.59 Å². The van der Waals surface area contributed by atoms with Crippen LogP contribution in [0.15, 0.2) is 24.4 Å². The molecule has 1 aliphatic carbocycles. The zero-order valence-corrected chi connectivity index (χ0v) is 19.3. The molecular formula is C25H34N6O2. The molecule has 1 unspecified atom stereocenters. The van der Waals surface area contributed by atoms with Crippen LogP contribution in [0.3, 0.4) is 0 Å². The molecule has 8 heteroatoms. The van der Waals surface area contributed by atoms with Crippen molar-refractivity contribution in [2.75, 3.05) is 44.2 Å². The minimum Gasteiger partial charge on any atom is -0.353 e. The van der Waals surface area contributed by atoms with Crippen molar-refractivity contribution < 1.29 is 9.59 Å². The second-order valence-electron chi connectivity index (χ2n) is 9.59. The van der Waals surface area contributed by atoms with Gasteiger partial charge < -0.3 is 14.7 Å². The third-order valence-corrected chi connectivity index (χ3v) is 7.44. The number of aryl methyl sites for hydroxylation is 1. The fraction of sp³-hybridized carbons (Fsp3) is 0.600. The smallest absolute Gasteiger partial charge is 0.274 e. The first-order chi connectivity index (χ1) is 16.2. The van der Waals surface area contributed by atoms with Crippen molar-refractivity contribution in [3.05, 3.63) is 41.3 Å². The van der Waals surface area contributed by atoms with E-state index in [1.54, 1.807) is 0 Å². The summed E-state index contributed by atoms with van der Waals surface area (Å²) in [5.41, 5.74) is 2.91. The number of likely N-dealkylation sites (tertiary alicyclic amines) is 1. The Kier molecular flexibility index (Phi) is 6.60. The molecule has 1 N–H and O–H groups in total. The van der Waals surface area contributed by atoms with Crippen LogP contribution < -0.4 is 4.90 Å². The molecule has 0 radical (unpaired) electrons. The second-order valence-corrected chi connectivity index (χ2v) is 9.59. The van der Waals surface area contributed by atoms with Gasteiger partial charge in [-0.2, -0.15) is 5.10 Å². The van der Waals surface area contributed by atoms with Gasteiger partial charge in [0.2, 0.25) is 5.91 Å². The zero-order valence-electron chi connectivity index (χ0n) is 19.3. The number of nitrogens with one attached hydrogen (secondary N) is 1. The van der Waals surface area contributed by atoms with Crippen molar-refractivity contribution >= 4 is 17.6 Å². The zero-order chi connectivity index (χ0) is 22.6. The van der Waals surface area contributed by atoms with E-state index in [2.05, 4.69) is 20.1 Å². The molecular weight excluding hydrogens is 416 g/mol. The number of piperazine rings is 1. The lowest BCUT2D eigenvalue weighted by atomic mass is 9.92. The number of amides is 2. The molecule has 0 aromatic carbocycles. The Bertz CT molecular complexity index is 967. The minimum absolute atomic E-state index is 0.0658. The molecule has 0 saturated carbocycles. The lowest BCUT2D eigenvalue weighted by Gasteiger charge is -2.36. The summed E-state index contributed by atoms with van der Waals surface area (Å²) >= 11 is 0. The van der Waals surface area contributed by atoms with E-state index in [-0.39, 0.29) is 11.8 Å². The van der Waals surface area contributed by atoms with E-state index in [4.69, 9.17) is 0 Å². The van der Waals surface area contributed by atoms with Crippen molar-refractivity contribution in [3.8, 4) is 0 Å². The third kappa shape index (κ3) is 4.89. The number of nitrogens with zero attached hydrogens (tertiary/aromatic N) is 5. The number of piperidine rings is 1. The molecule has 2 amide bonds. The minimum atomic E-state index is 0.0658. The number of pyridine rings is 1. The van der Waals surface area contributed by atoms with Crippen LogP contribution in [0.4, 0.5) is 5.82 Å². The number of carbonyl (C=O) groups excluding carboxylic acids is 2. The van der Waals surface area contributed by atoms with Crippen molar-refractivity contribution in [1.82, 2.24) is 25.0 Å². The van der Waals surface area contributed by atoms with Gasteiger partial charge >= 0.3 is 0 Å². The Hall–Kier alpha value is -2.90. The molecule has 2 aromatic rings. The summed E-state index contributed by atoms with van der Waals surface area (Å²) < 4.78 is 0. The maximum Gasteiger partial charge on any atom is 0.274 e. The average Bonchev–Trinajstić information content (AvgIpc) is 3.32. The molecule has 33 heavy (non-hydrogen) atoms. The van der Waals surface area contributed by atoms with Crippen molar-refractivity contribution in [2.24, 2.45) is 5.92 Å². The summed E-state index contributed by atoms with van der Waals surface area (Å²) in [5.74, 6) is 1.67. The standard InChI is InChI=1S/C25H34N6O2/c32-23(30-16-14-29(15-17-30)22-9-3-4-12-26-22)11-10-19-6-5-13-31(18-19)25(33)24-20-7-1-2-8-21(20)27-28-24/h3-4,9,12,19H,1-2,5-8,10-11,13-18H2,(H,27,28). The van der Waals surface area contributed by atoms with Crippen molar-refractivity contribution in [1.29, 1.82) is 0 Å². The normalized spacial score (nSPS) is 21.1. The molecule has 4 heterocycles. The SMILES string of the molecule is O=C(CCC1CCCN(C(=O)c2n[nH]c3c2CCCC3)C1)N1CCN(c2ccccn2)CC1. The van der Waals surface area contributed by atoms with Gasteiger partial charge in [0.05, 0.1) is 0 Å². The number of H-pyrrole nitrogens is 1. The molecule has 2 saturated heterocycles. The third-order valence-electron chi connectivity index (χ3n) is 7.44. The molecule has 5 rings (SSSR count). The van der Waals surface area contributed by atoms with Crippen LogP contribution in [-0.2, 0) is 17.6 Å². The average molecular weight is 451 g/mol. The van der Waals surface area contributed by atoms with Gasteiger partial charge in [-0.05, 0) is 63.0 Å². The van der Waals surface area contributed by atoms with Crippen molar-refractivity contribution in [2.45, 2.75) is 51.4 Å². The van der Waals surface area contributed by atoms with Crippen LogP contribution in [-0.4, -0.2) is 76.1 Å². The topological polar surface area (TPSA) is 85.4 Å². The molecule has 2 aromatic heterocycles. The molecule has 176 valence electrons. The van der Waals surface area contributed by atoms with E-state index in [0.29, 0.717) is 18.0 Å². The lowest BCUT2D eigenvalue weighted by Crippen LogP contribution is -2.49. The van der Waals surface area contributed by atoms with Gasteiger partial charge in [0.1, 0.15) is 5.82 Å². The highest BCUT2D eigenvalue weighted by Crippen LogP contribution is 2.27. The van der Waals surface area contributed by atoms with Gasteiger partial charge in [0.15, 0.2) is 5.69 Å². The molecule has 0 bridgehead atoms. The first-order valence-electron chi connectivity index (χ1n) is 12.5. The summed E-state index contributed by atoms with van der Waals surface area (Å²) in [6, 6.07) is 5.94. The first kappa shape index (κ1) is 21.9. The summed E-state index contributed by atoms with van der Waals surface area (Å²) in [6.45, 7) is 4.66. The van der Waals surface area contributed by atoms with Crippen LogP contribution in [0.1, 0.15) is 60.3 Å². The number of carbonyl (C=O) groups is 2. The number of hydrogen-bond donors (Lipinski definition) is 1. The molecule has 2 aliphatic heterocycles. The number of rotatable bonds is 5. The Morgan fingerprint density at radius 2 is 1.85 bits per heavy atom. The molecule has 1 atom stereocenters. The largest absolute Gasteiger partial charge is 0.353 e. The Morgan fingerprint density at radius 1 is 1.00 bits per heavy atom. The highest BCUT2D eigenvalue weighted by atomic mass is 16.2. The van der Waals surface area contributed by atoms with Gasteiger partial charge in [-0.1, -0.05) is 6.07 Å². The van der Waals surface area contributed by atoms with Gasteiger partial charge in [-0.25, -0.2) is 4.98 Å². The quantitative estimate of drug-likeness (QED) is 0.757. The fourth-order valence-electron chi connectivity index (χ4n) is 5.50. The predicted octanol–water partition coefficient (Wildman–Crippen LogP) is 2.66. The summed E-state index contributed by atoms with van der Waals surface area (Å²) in [4.78, 5) is 36.6. The highest BCUT2D eigenvalue weighted by Gasteiger charge is 2.30. The van der Waals surface area contributed by atoms with Gasteiger partial charge in [-0.3, -0.25) is 14.7 Å². The van der Waals surface area contributed by atoms with E-state index in [1.165, 1.54) is 6.42 Å². The van der Waals surface area contributed by atoms with Gasteiger partial charge in [0.25, 0.3) is 5.91 Å². The van der Waals surface area contributed by atoms with Crippen LogP contribution in [0.25, 0.3) is 0 Å². The summed E-state index contributed by atoms with van der Waals surface area (Å²) in [7, 11) is 0. The fourth-order valence-corrected chi connectivity index (χ4v) is 5.50. The van der Waals surface area contributed by atoms with E-state index in [1.807, 2.05) is 34.2 Å². The molecule has 8 nitrogen and oxygen atoms in total. The van der Waals surface area contributed by atoms with E-state index < -0.39 is 0 Å². The highest BCUT2D eigenvalue weighted by molar-refractivity contribution is 5.94. The molecule has 2 fully saturated rings. The van der Waals surface area contributed by atoms with Crippen LogP contribution in [0.2, 0.25) is 0 Å².